The van der Waals surface area contributed by atoms with Crippen molar-refractivity contribution >= 4 is 17.4 Å². The van der Waals surface area contributed by atoms with Crippen LogP contribution in [-0.4, -0.2) is 34.6 Å². The van der Waals surface area contributed by atoms with Crippen LogP contribution >= 0.6 is 11.5 Å². The summed E-state index contributed by atoms with van der Waals surface area (Å²) in [6.07, 6.45) is 2.39. The first-order chi connectivity index (χ1) is 9.72. The van der Waals surface area contributed by atoms with Crippen LogP contribution in [0.5, 0.6) is 0 Å². The van der Waals surface area contributed by atoms with Gasteiger partial charge in [0.15, 0.2) is 0 Å². The fourth-order valence-corrected chi connectivity index (χ4v) is 3.52. The third kappa shape index (κ3) is 3.80. The van der Waals surface area contributed by atoms with E-state index in [4.69, 9.17) is 0 Å². The van der Waals surface area contributed by atoms with Gasteiger partial charge >= 0.3 is 0 Å². The van der Waals surface area contributed by atoms with Gasteiger partial charge in [-0.2, -0.15) is 0 Å². The minimum atomic E-state index is -0.165. The summed E-state index contributed by atoms with van der Waals surface area (Å²) < 4.78 is 3.95. The van der Waals surface area contributed by atoms with E-state index in [1.807, 2.05) is 20.8 Å². The molecule has 5 nitrogen and oxygen atoms in total. The highest BCUT2D eigenvalue weighted by Crippen LogP contribution is 2.30. The van der Waals surface area contributed by atoms with E-state index >= 15 is 0 Å². The first-order valence-electron chi connectivity index (χ1n) is 7.56. The average molecular weight is 310 g/mol. The second-order valence-electron chi connectivity index (χ2n) is 7.51. The summed E-state index contributed by atoms with van der Waals surface area (Å²) in [5.74, 6) is -0.0573. The number of hydrogen-bond acceptors (Lipinski definition) is 5. The van der Waals surface area contributed by atoms with E-state index in [9.17, 15) is 4.79 Å². The molecule has 0 saturated carbocycles. The molecular formula is C15H26N4OS. The van der Waals surface area contributed by atoms with Crippen LogP contribution < -0.4 is 10.6 Å². The molecule has 2 N–H and O–H groups in total. The minimum absolute atomic E-state index is 0.0573. The molecule has 0 aromatic carbocycles. The number of hydrogen-bond donors (Lipinski definition) is 2. The number of nitrogens with one attached hydrogen (secondary N) is 2. The van der Waals surface area contributed by atoms with Gasteiger partial charge in [0.2, 0.25) is 0 Å². The SMILES string of the molecule is CC(C)(C)c1nnsc1C(=O)NCC1NCCCC1(C)C. The highest BCUT2D eigenvalue weighted by atomic mass is 32.1. The fraction of sp³-hybridized carbons (Fsp3) is 0.800. The lowest BCUT2D eigenvalue weighted by atomic mass is 9.77. The number of rotatable bonds is 3. The molecule has 1 fully saturated rings. The molecule has 6 heteroatoms. The second-order valence-corrected chi connectivity index (χ2v) is 8.26. The monoisotopic (exact) mass is 310 g/mol. The van der Waals surface area contributed by atoms with Crippen LogP contribution in [0.3, 0.4) is 0 Å². The van der Waals surface area contributed by atoms with Gasteiger partial charge < -0.3 is 10.6 Å². The molecule has 21 heavy (non-hydrogen) atoms. The number of aromatic nitrogens is 2. The molecule has 0 bridgehead atoms. The lowest BCUT2D eigenvalue weighted by molar-refractivity contribution is 0.0930. The van der Waals surface area contributed by atoms with E-state index in [0.717, 1.165) is 12.2 Å². The van der Waals surface area contributed by atoms with Crippen LogP contribution in [0, 0.1) is 5.41 Å². The molecule has 1 saturated heterocycles. The maximum atomic E-state index is 12.4. The van der Waals surface area contributed by atoms with Gasteiger partial charge in [0.1, 0.15) is 4.88 Å². The van der Waals surface area contributed by atoms with Gasteiger partial charge in [0, 0.05) is 18.0 Å². The molecule has 1 atom stereocenters. The van der Waals surface area contributed by atoms with Crippen molar-refractivity contribution in [3.05, 3.63) is 10.6 Å². The molecule has 1 aliphatic rings. The Morgan fingerprint density at radius 2 is 2.19 bits per heavy atom. The topological polar surface area (TPSA) is 66.9 Å². The highest BCUT2D eigenvalue weighted by Gasteiger charge is 2.33. The molecular weight excluding hydrogens is 284 g/mol. The molecule has 2 heterocycles. The van der Waals surface area contributed by atoms with E-state index < -0.39 is 0 Å². The molecule has 1 amide bonds. The van der Waals surface area contributed by atoms with Crippen molar-refractivity contribution in [2.75, 3.05) is 13.1 Å². The van der Waals surface area contributed by atoms with Crippen LogP contribution in [0.15, 0.2) is 0 Å². The summed E-state index contributed by atoms with van der Waals surface area (Å²) in [4.78, 5) is 13.1. The molecule has 1 aliphatic heterocycles. The number of nitrogens with zero attached hydrogens (tertiary/aromatic N) is 2. The summed E-state index contributed by atoms with van der Waals surface area (Å²) in [5, 5.41) is 10.7. The van der Waals surface area contributed by atoms with Crippen molar-refractivity contribution in [1.29, 1.82) is 0 Å². The maximum absolute atomic E-state index is 12.4. The van der Waals surface area contributed by atoms with Crippen LogP contribution in [-0.2, 0) is 5.41 Å². The Labute approximate surface area is 131 Å². The van der Waals surface area contributed by atoms with Gasteiger partial charge in [-0.25, -0.2) is 0 Å². The van der Waals surface area contributed by atoms with E-state index in [2.05, 4.69) is 34.1 Å². The largest absolute Gasteiger partial charge is 0.350 e. The standard InChI is InChI=1S/C15H26N4OS/c1-14(2,3)12-11(21-19-18-12)13(20)17-9-10-15(4,5)7-6-8-16-10/h10,16H,6-9H2,1-5H3,(H,17,20). The Balaban J connectivity index is 2.01. The molecule has 2 rings (SSSR count). The molecule has 0 spiro atoms. The average Bonchev–Trinajstić information content (AvgIpc) is 2.85. The first kappa shape index (κ1) is 16.4. The maximum Gasteiger partial charge on any atom is 0.265 e. The molecule has 0 radical (unpaired) electrons. The Bertz CT molecular complexity index is 504. The quantitative estimate of drug-likeness (QED) is 0.899. The molecule has 118 valence electrons. The zero-order valence-corrected chi connectivity index (χ0v) is 14.4. The van der Waals surface area contributed by atoms with Gasteiger partial charge in [0.05, 0.1) is 5.69 Å². The van der Waals surface area contributed by atoms with Crippen molar-refractivity contribution in [2.24, 2.45) is 5.41 Å². The van der Waals surface area contributed by atoms with Crippen molar-refractivity contribution in [3.63, 3.8) is 0 Å². The first-order valence-corrected chi connectivity index (χ1v) is 8.33. The summed E-state index contributed by atoms with van der Waals surface area (Å²) >= 11 is 1.18. The minimum Gasteiger partial charge on any atom is -0.350 e. The zero-order chi connectivity index (χ0) is 15.7. The van der Waals surface area contributed by atoms with E-state index in [-0.39, 0.29) is 16.7 Å². The number of carbonyl (C=O) groups excluding carboxylic acids is 1. The smallest absolute Gasteiger partial charge is 0.265 e. The second kappa shape index (κ2) is 6.01. The molecule has 1 aromatic rings. The van der Waals surface area contributed by atoms with Crippen molar-refractivity contribution < 1.29 is 4.79 Å². The normalized spacial score (nSPS) is 22.0. The van der Waals surface area contributed by atoms with E-state index in [1.165, 1.54) is 24.4 Å². The summed E-state index contributed by atoms with van der Waals surface area (Å²) in [6, 6.07) is 0.314. The third-order valence-corrected chi connectivity index (χ3v) is 4.93. The van der Waals surface area contributed by atoms with Gasteiger partial charge in [-0.15, -0.1) is 5.10 Å². The van der Waals surface area contributed by atoms with Gasteiger partial charge in [-0.05, 0) is 36.3 Å². The molecule has 1 aromatic heterocycles. The lowest BCUT2D eigenvalue weighted by Crippen LogP contribution is -2.52. The number of piperidine rings is 1. The summed E-state index contributed by atoms with van der Waals surface area (Å²) in [5.41, 5.74) is 0.827. The predicted molar refractivity (Wildman–Crippen MR) is 85.7 cm³/mol. The molecule has 0 aliphatic carbocycles. The fourth-order valence-electron chi connectivity index (χ4n) is 2.72. The van der Waals surface area contributed by atoms with Gasteiger partial charge in [-0.3, -0.25) is 4.79 Å². The Morgan fingerprint density at radius 1 is 1.48 bits per heavy atom. The van der Waals surface area contributed by atoms with Crippen LogP contribution in [0.25, 0.3) is 0 Å². The third-order valence-electron chi connectivity index (χ3n) is 4.20. The number of carbonyl (C=O) groups is 1. The Morgan fingerprint density at radius 3 is 2.81 bits per heavy atom. The van der Waals surface area contributed by atoms with Gasteiger partial charge in [0.25, 0.3) is 5.91 Å². The lowest BCUT2D eigenvalue weighted by Gasteiger charge is -2.39. The Hall–Kier alpha value is -1.01. The predicted octanol–water partition coefficient (Wildman–Crippen LogP) is 2.34. The van der Waals surface area contributed by atoms with Crippen molar-refractivity contribution in [3.8, 4) is 0 Å². The molecule has 1 unspecified atom stereocenters. The van der Waals surface area contributed by atoms with Crippen molar-refractivity contribution in [2.45, 2.75) is 58.9 Å². The van der Waals surface area contributed by atoms with Crippen LogP contribution in [0.4, 0.5) is 0 Å². The summed E-state index contributed by atoms with van der Waals surface area (Å²) in [6.45, 7) is 12.3. The van der Waals surface area contributed by atoms with E-state index in [1.54, 1.807) is 0 Å². The van der Waals surface area contributed by atoms with Crippen LogP contribution in [0.1, 0.15) is 62.8 Å². The van der Waals surface area contributed by atoms with Gasteiger partial charge in [-0.1, -0.05) is 39.1 Å². The zero-order valence-electron chi connectivity index (χ0n) is 13.6. The van der Waals surface area contributed by atoms with Crippen molar-refractivity contribution in [1.82, 2.24) is 20.2 Å². The van der Waals surface area contributed by atoms with Crippen LogP contribution in [0.2, 0.25) is 0 Å². The Kier molecular flexibility index (Phi) is 4.68. The highest BCUT2D eigenvalue weighted by molar-refractivity contribution is 7.08. The van der Waals surface area contributed by atoms with E-state index in [0.29, 0.717) is 17.5 Å². The number of amides is 1. The summed E-state index contributed by atoms with van der Waals surface area (Å²) in [7, 11) is 0.